The van der Waals surface area contributed by atoms with Crippen LogP contribution in [0.5, 0.6) is 0 Å². The van der Waals surface area contributed by atoms with E-state index in [0.29, 0.717) is 6.42 Å². The van der Waals surface area contributed by atoms with Crippen molar-refractivity contribution in [2.75, 3.05) is 0 Å². The molecule has 0 saturated heterocycles. The average molecular weight is 672 g/mol. The number of hydrogen-bond acceptors (Lipinski definition) is 3. The molecule has 1 aliphatic heterocycles. The summed E-state index contributed by atoms with van der Waals surface area (Å²) in [5.74, 6) is -3.09. The van der Waals surface area contributed by atoms with E-state index in [1.165, 1.54) is 12.1 Å². The molecular formula is C28H27BrCl3F4NO2. The number of ether oxygens (including phenoxy) is 1. The van der Waals surface area contributed by atoms with Crippen LogP contribution in [0.2, 0.25) is 15.1 Å². The Labute approximate surface area is 248 Å². The van der Waals surface area contributed by atoms with Crippen LogP contribution in [0.15, 0.2) is 39.8 Å². The fourth-order valence-electron chi connectivity index (χ4n) is 5.84. The molecule has 0 bridgehead atoms. The summed E-state index contributed by atoms with van der Waals surface area (Å²) in [7, 11) is 0. The van der Waals surface area contributed by atoms with Crippen molar-refractivity contribution < 1.29 is 27.1 Å². The molecule has 0 amide bonds. The molecule has 2 aromatic carbocycles. The van der Waals surface area contributed by atoms with Crippen LogP contribution in [-0.4, -0.2) is 24.5 Å². The predicted molar refractivity (Wildman–Crippen MR) is 149 cm³/mol. The Hall–Kier alpha value is -1.35. The maximum Gasteiger partial charge on any atom is 0.404 e. The zero-order chi connectivity index (χ0) is 28.9. The van der Waals surface area contributed by atoms with Crippen molar-refractivity contribution >= 4 is 62.9 Å². The number of rotatable bonds is 5. The molecule has 1 fully saturated rings. The number of benzene rings is 2. The van der Waals surface area contributed by atoms with Gasteiger partial charge in [0.1, 0.15) is 23.3 Å². The molecule has 0 radical (unpaired) electrons. The Kier molecular flexibility index (Phi) is 9.02. The van der Waals surface area contributed by atoms with Crippen LogP contribution < -0.4 is 0 Å². The molecule has 0 spiro atoms. The second kappa shape index (κ2) is 11.5. The van der Waals surface area contributed by atoms with E-state index in [9.17, 15) is 9.18 Å². The van der Waals surface area contributed by atoms with Crippen LogP contribution in [0.4, 0.5) is 17.6 Å². The number of halogens is 8. The number of carbonyl (C=O) groups excluding carboxylic acids is 1. The highest BCUT2D eigenvalue weighted by molar-refractivity contribution is 9.10. The average Bonchev–Trinajstić information content (AvgIpc) is 3.26. The van der Waals surface area contributed by atoms with Gasteiger partial charge in [-0.1, -0.05) is 68.1 Å². The third-order valence-electron chi connectivity index (χ3n) is 7.94. The minimum absolute atomic E-state index is 0.00518. The number of nitrogens with zero attached hydrogens (tertiary/aromatic N) is 1. The van der Waals surface area contributed by atoms with E-state index in [1.807, 2.05) is 20.8 Å². The number of aliphatic imine (C=N–C) groups is 1. The maximum atomic E-state index is 15.3. The molecular weight excluding hydrogens is 645 g/mol. The van der Waals surface area contributed by atoms with Gasteiger partial charge in [0.15, 0.2) is 0 Å². The summed E-state index contributed by atoms with van der Waals surface area (Å²) in [6, 6.07) is 4.54. The largest absolute Gasteiger partial charge is 0.462 e. The maximum absolute atomic E-state index is 15.3. The van der Waals surface area contributed by atoms with Crippen molar-refractivity contribution in [1.82, 2.24) is 0 Å². The molecule has 212 valence electrons. The number of esters is 1. The molecule has 3 nitrogen and oxygen atoms in total. The molecule has 3 unspecified atom stereocenters. The van der Waals surface area contributed by atoms with Crippen LogP contribution in [0.3, 0.4) is 0 Å². The first kappa shape index (κ1) is 30.6. The molecule has 0 aromatic heterocycles. The number of alkyl halides is 3. The molecule has 2 aromatic rings. The van der Waals surface area contributed by atoms with Gasteiger partial charge in [0, 0.05) is 6.21 Å². The minimum atomic E-state index is -5.01. The van der Waals surface area contributed by atoms with E-state index >= 15 is 13.2 Å². The first-order valence-corrected chi connectivity index (χ1v) is 14.5. The van der Waals surface area contributed by atoms with Crippen molar-refractivity contribution in [3.63, 3.8) is 0 Å². The second-order valence-corrected chi connectivity index (χ2v) is 12.8. The standard InChI is InChI=1S/C28H27BrCl3F4NO2/c1-13(2)17-6-4-14(3)8-22(17)39-26(38)23-25(15-5-7-21(33)18(29)9-15)37-12-27(23,28(34,35)36)16-10-19(30)24(32)20(31)11-16/h5,7,9-14,17,22-23,25H,4,6,8H2,1-3H3/t14-,17+,22-,23?,25?,27?/m1/s1. The van der Waals surface area contributed by atoms with Crippen molar-refractivity contribution in [1.29, 1.82) is 0 Å². The van der Waals surface area contributed by atoms with Gasteiger partial charge in [-0.3, -0.25) is 9.79 Å². The summed E-state index contributed by atoms with van der Waals surface area (Å²) in [5.41, 5.74) is -3.10. The van der Waals surface area contributed by atoms with Gasteiger partial charge in [-0.2, -0.15) is 13.2 Å². The molecule has 0 N–H and O–H groups in total. The molecule has 1 aliphatic carbocycles. The highest BCUT2D eigenvalue weighted by Crippen LogP contribution is 2.56. The Morgan fingerprint density at radius 3 is 2.33 bits per heavy atom. The van der Waals surface area contributed by atoms with Crippen LogP contribution in [0, 0.1) is 29.5 Å². The highest BCUT2D eigenvalue weighted by atomic mass is 79.9. The monoisotopic (exact) mass is 669 g/mol. The Balaban J connectivity index is 1.88. The lowest BCUT2D eigenvalue weighted by Crippen LogP contribution is -2.53. The zero-order valence-corrected chi connectivity index (χ0v) is 25.2. The summed E-state index contributed by atoms with van der Waals surface area (Å²) >= 11 is 21.5. The van der Waals surface area contributed by atoms with Gasteiger partial charge in [-0.25, -0.2) is 4.39 Å². The van der Waals surface area contributed by atoms with E-state index < -0.39 is 41.4 Å². The fraction of sp³-hybridized carbons (Fsp3) is 0.500. The Morgan fingerprint density at radius 2 is 1.77 bits per heavy atom. The minimum Gasteiger partial charge on any atom is -0.462 e. The molecule has 39 heavy (non-hydrogen) atoms. The predicted octanol–water partition coefficient (Wildman–Crippen LogP) is 9.79. The fourth-order valence-corrected chi connectivity index (χ4v) is 6.83. The molecule has 4 rings (SSSR count). The lowest BCUT2D eigenvalue weighted by atomic mass is 9.68. The second-order valence-electron chi connectivity index (χ2n) is 10.8. The first-order chi connectivity index (χ1) is 18.2. The Bertz CT molecular complexity index is 1260. The van der Waals surface area contributed by atoms with Crippen LogP contribution in [0.1, 0.15) is 57.2 Å². The van der Waals surface area contributed by atoms with Gasteiger partial charge in [-0.15, -0.1) is 0 Å². The summed E-state index contributed by atoms with van der Waals surface area (Å²) in [6.45, 7) is 6.06. The normalized spacial score (nSPS) is 29.2. The molecule has 1 heterocycles. The van der Waals surface area contributed by atoms with Crippen LogP contribution in [-0.2, 0) is 14.9 Å². The van der Waals surface area contributed by atoms with Crippen LogP contribution in [0.25, 0.3) is 0 Å². The third-order valence-corrected chi connectivity index (χ3v) is 9.75. The molecule has 1 saturated carbocycles. The van der Waals surface area contributed by atoms with Crippen molar-refractivity contribution in [2.24, 2.45) is 28.7 Å². The smallest absolute Gasteiger partial charge is 0.404 e. The van der Waals surface area contributed by atoms with Crippen molar-refractivity contribution in [3.05, 3.63) is 66.8 Å². The topological polar surface area (TPSA) is 38.7 Å². The summed E-state index contributed by atoms with van der Waals surface area (Å²) < 4.78 is 65.9. The van der Waals surface area contributed by atoms with Gasteiger partial charge in [0.05, 0.1) is 25.6 Å². The zero-order valence-electron chi connectivity index (χ0n) is 21.3. The van der Waals surface area contributed by atoms with Gasteiger partial charge < -0.3 is 4.74 Å². The van der Waals surface area contributed by atoms with Gasteiger partial charge >= 0.3 is 12.1 Å². The first-order valence-electron chi connectivity index (χ1n) is 12.6. The van der Waals surface area contributed by atoms with E-state index in [-0.39, 0.29) is 48.4 Å². The van der Waals surface area contributed by atoms with Crippen molar-refractivity contribution in [3.8, 4) is 0 Å². The molecule has 2 aliphatic rings. The quantitative estimate of drug-likeness (QED) is 0.180. The highest BCUT2D eigenvalue weighted by Gasteiger charge is 2.67. The van der Waals surface area contributed by atoms with E-state index in [2.05, 4.69) is 20.9 Å². The molecule has 11 heteroatoms. The Morgan fingerprint density at radius 1 is 1.13 bits per heavy atom. The number of carbonyl (C=O) groups is 1. The van der Waals surface area contributed by atoms with Crippen LogP contribution >= 0.6 is 50.7 Å². The van der Waals surface area contributed by atoms with Crippen molar-refractivity contribution in [2.45, 2.75) is 63.8 Å². The summed E-state index contributed by atoms with van der Waals surface area (Å²) in [4.78, 5) is 18.2. The summed E-state index contributed by atoms with van der Waals surface area (Å²) in [6.07, 6.45) is -2.54. The molecule has 6 atom stereocenters. The summed E-state index contributed by atoms with van der Waals surface area (Å²) in [5, 5.41) is -0.502. The van der Waals surface area contributed by atoms with E-state index in [4.69, 9.17) is 39.5 Å². The lowest BCUT2D eigenvalue weighted by molar-refractivity contribution is -0.197. The SMILES string of the molecule is CC(C)[C@@H]1CC[C@@H](C)C[C@H]1OC(=O)C1C(c2ccc(F)c(Br)c2)N=CC1(c1cc(Cl)c(Cl)c(Cl)c1)C(F)(F)F. The van der Waals surface area contributed by atoms with Gasteiger partial charge in [0.2, 0.25) is 0 Å². The van der Waals surface area contributed by atoms with E-state index in [0.717, 1.165) is 37.3 Å². The third kappa shape index (κ3) is 5.73. The lowest BCUT2D eigenvalue weighted by Gasteiger charge is -2.40. The number of hydrogen-bond donors (Lipinski definition) is 0. The van der Waals surface area contributed by atoms with E-state index in [1.54, 1.807) is 0 Å². The van der Waals surface area contributed by atoms with Gasteiger partial charge in [-0.05, 0) is 81.9 Å². The van der Waals surface area contributed by atoms with Gasteiger partial charge in [0.25, 0.3) is 0 Å².